The van der Waals surface area contributed by atoms with Crippen molar-refractivity contribution in [3.05, 3.63) is 83.3 Å². The zero-order chi connectivity index (χ0) is 26.5. The normalized spacial score (nSPS) is 12.7. The number of rotatable bonds is 8. The van der Waals surface area contributed by atoms with Crippen molar-refractivity contribution in [2.45, 2.75) is 19.4 Å². The number of benzene rings is 2. The molecule has 0 saturated heterocycles. The molecule has 2 amide bonds. The van der Waals surface area contributed by atoms with E-state index in [-0.39, 0.29) is 18.4 Å². The number of amides is 2. The van der Waals surface area contributed by atoms with E-state index in [0.717, 1.165) is 51.9 Å². The van der Waals surface area contributed by atoms with Gasteiger partial charge in [-0.15, -0.1) is 0 Å². The molecule has 4 aromatic rings. The van der Waals surface area contributed by atoms with E-state index in [9.17, 15) is 9.59 Å². The zero-order valence-electron chi connectivity index (χ0n) is 21.5. The number of hydrogen-bond donors (Lipinski definition) is 2. The number of nitrogens with zero attached hydrogens (tertiary/aromatic N) is 4. The molecular weight excluding hydrogens is 480 g/mol. The largest absolute Gasteiger partial charge is 0.375 e. The lowest BCUT2D eigenvalue weighted by Gasteiger charge is -2.29. The highest BCUT2D eigenvalue weighted by Gasteiger charge is 2.21. The van der Waals surface area contributed by atoms with Gasteiger partial charge in [0.05, 0.1) is 16.8 Å². The number of aromatic nitrogens is 3. The molecule has 0 atom stereocenters. The van der Waals surface area contributed by atoms with Gasteiger partial charge in [0.15, 0.2) is 0 Å². The summed E-state index contributed by atoms with van der Waals surface area (Å²) < 4.78 is 4.99. The Morgan fingerprint density at radius 2 is 1.95 bits per heavy atom. The van der Waals surface area contributed by atoms with Gasteiger partial charge in [-0.25, -0.2) is 9.97 Å². The quantitative estimate of drug-likeness (QED) is 0.375. The molecule has 9 heteroatoms. The predicted molar refractivity (Wildman–Crippen MR) is 146 cm³/mol. The maximum Gasteiger partial charge on any atom is 0.251 e. The second kappa shape index (κ2) is 11.4. The van der Waals surface area contributed by atoms with Crippen LogP contribution in [-0.2, 0) is 28.9 Å². The average Bonchev–Trinajstić information content (AvgIpc) is 2.96. The number of pyridine rings is 1. The van der Waals surface area contributed by atoms with E-state index in [1.807, 2.05) is 35.2 Å². The molecule has 2 N–H and O–H groups in total. The first kappa shape index (κ1) is 25.3. The monoisotopic (exact) mass is 510 g/mol. The summed E-state index contributed by atoms with van der Waals surface area (Å²) in [5.41, 5.74) is 6.75. The molecule has 0 fully saturated rings. The number of fused-ring (bicyclic) bond motifs is 2. The number of para-hydroxylation sites is 1. The number of carbonyl (C=O) groups excluding carboxylic acids is 2. The first-order valence-electron chi connectivity index (χ1n) is 12.6. The van der Waals surface area contributed by atoms with Gasteiger partial charge in [-0.3, -0.25) is 14.6 Å². The summed E-state index contributed by atoms with van der Waals surface area (Å²) in [6, 6.07) is 15.9. The standard InChI is InChI=1S/C29H30N6O3/c1-30-29(37)24-9-12-32-28-19(4-3-5-23(24)28)8-11-31-26-15-25(33-18-34-26)21-6-7-22-16-35(27(36)17-38-2)13-10-20(22)14-21/h3-7,9,12,14-15,18H,8,10-11,13,16-17H2,1-2H3,(H,30,37)(H,31,33,34). The van der Waals surface area contributed by atoms with Gasteiger partial charge in [-0.2, -0.15) is 0 Å². The topological polar surface area (TPSA) is 109 Å². The summed E-state index contributed by atoms with van der Waals surface area (Å²) in [6.45, 7) is 2.04. The van der Waals surface area contributed by atoms with Crippen LogP contribution in [0, 0.1) is 0 Å². The van der Waals surface area contributed by atoms with Gasteiger partial charge in [0.2, 0.25) is 5.91 Å². The summed E-state index contributed by atoms with van der Waals surface area (Å²) in [6.07, 6.45) is 4.76. The first-order chi connectivity index (χ1) is 18.6. The molecular formula is C29H30N6O3. The molecule has 0 unspecified atom stereocenters. The van der Waals surface area contributed by atoms with Crippen LogP contribution in [0.1, 0.15) is 27.0 Å². The molecule has 1 aliphatic heterocycles. The molecule has 194 valence electrons. The molecule has 9 nitrogen and oxygen atoms in total. The molecule has 38 heavy (non-hydrogen) atoms. The summed E-state index contributed by atoms with van der Waals surface area (Å²) in [4.78, 5) is 39.7. The van der Waals surface area contributed by atoms with Gasteiger partial charge in [0.1, 0.15) is 18.8 Å². The Morgan fingerprint density at radius 3 is 2.79 bits per heavy atom. The van der Waals surface area contributed by atoms with E-state index < -0.39 is 0 Å². The highest BCUT2D eigenvalue weighted by Crippen LogP contribution is 2.26. The number of anilines is 1. The molecule has 5 rings (SSSR count). The SMILES string of the molecule is CNC(=O)c1ccnc2c(CCNc3cc(-c4ccc5c(c4)CCN(C(=O)COC)C5)ncn3)cccc12. The van der Waals surface area contributed by atoms with E-state index in [4.69, 9.17) is 4.74 Å². The minimum absolute atomic E-state index is 0.0138. The summed E-state index contributed by atoms with van der Waals surface area (Å²) in [5, 5.41) is 6.93. The average molecular weight is 511 g/mol. The Hall–Kier alpha value is -4.37. The zero-order valence-corrected chi connectivity index (χ0v) is 21.5. The number of nitrogens with one attached hydrogen (secondary N) is 2. The van der Waals surface area contributed by atoms with Gasteiger partial charge in [0.25, 0.3) is 5.91 Å². The minimum atomic E-state index is -0.125. The van der Waals surface area contributed by atoms with Crippen LogP contribution in [0.3, 0.4) is 0 Å². The molecule has 0 aliphatic carbocycles. The van der Waals surface area contributed by atoms with Crippen LogP contribution in [-0.4, -0.2) is 65.5 Å². The lowest BCUT2D eigenvalue weighted by molar-refractivity contribution is -0.136. The molecule has 0 saturated carbocycles. The molecule has 1 aliphatic rings. The lowest BCUT2D eigenvalue weighted by atomic mass is 9.96. The first-order valence-corrected chi connectivity index (χ1v) is 12.6. The van der Waals surface area contributed by atoms with Crippen LogP contribution in [0.25, 0.3) is 22.2 Å². The minimum Gasteiger partial charge on any atom is -0.375 e. The number of ether oxygens (including phenoxy) is 1. The summed E-state index contributed by atoms with van der Waals surface area (Å²) in [7, 11) is 3.17. The van der Waals surface area contributed by atoms with Crippen molar-refractivity contribution in [1.29, 1.82) is 0 Å². The van der Waals surface area contributed by atoms with Crippen molar-refractivity contribution < 1.29 is 14.3 Å². The molecule has 0 bridgehead atoms. The fourth-order valence-electron chi connectivity index (χ4n) is 4.85. The van der Waals surface area contributed by atoms with Crippen molar-refractivity contribution in [2.75, 3.05) is 39.2 Å². The number of methoxy groups -OCH3 is 1. The van der Waals surface area contributed by atoms with Gasteiger partial charge in [0, 0.05) is 57.0 Å². The summed E-state index contributed by atoms with van der Waals surface area (Å²) in [5.74, 6) is 0.628. The Bertz CT molecular complexity index is 1490. The Morgan fingerprint density at radius 1 is 1.05 bits per heavy atom. The highest BCUT2D eigenvalue weighted by atomic mass is 16.5. The molecule has 2 aromatic carbocycles. The highest BCUT2D eigenvalue weighted by molar-refractivity contribution is 6.06. The fourth-order valence-corrected chi connectivity index (χ4v) is 4.85. The molecule has 2 aromatic heterocycles. The third-order valence-corrected chi connectivity index (χ3v) is 6.83. The predicted octanol–water partition coefficient (Wildman–Crippen LogP) is 3.24. The van der Waals surface area contributed by atoms with Crippen LogP contribution >= 0.6 is 0 Å². The summed E-state index contributed by atoms with van der Waals surface area (Å²) >= 11 is 0. The van der Waals surface area contributed by atoms with Crippen LogP contribution in [0.15, 0.2) is 61.1 Å². The van der Waals surface area contributed by atoms with Gasteiger partial charge in [-0.1, -0.05) is 30.3 Å². The number of carbonyl (C=O) groups is 2. The maximum absolute atomic E-state index is 12.2. The van der Waals surface area contributed by atoms with E-state index in [1.165, 1.54) is 12.7 Å². The van der Waals surface area contributed by atoms with Crippen LogP contribution in [0.2, 0.25) is 0 Å². The van der Waals surface area contributed by atoms with Crippen molar-refractivity contribution in [3.8, 4) is 11.3 Å². The third-order valence-electron chi connectivity index (χ3n) is 6.83. The van der Waals surface area contributed by atoms with Crippen LogP contribution in [0.5, 0.6) is 0 Å². The molecule has 3 heterocycles. The Balaban J connectivity index is 1.27. The lowest BCUT2D eigenvalue weighted by Crippen LogP contribution is -2.38. The fraction of sp³-hybridized carbons (Fsp3) is 0.276. The van der Waals surface area contributed by atoms with Crippen molar-refractivity contribution in [3.63, 3.8) is 0 Å². The maximum atomic E-state index is 12.2. The molecule has 0 radical (unpaired) electrons. The number of hydrogen-bond acceptors (Lipinski definition) is 7. The van der Waals surface area contributed by atoms with E-state index >= 15 is 0 Å². The molecule has 0 spiro atoms. The van der Waals surface area contributed by atoms with Crippen molar-refractivity contribution >= 4 is 28.5 Å². The second-order valence-corrected chi connectivity index (χ2v) is 9.20. The van der Waals surface area contributed by atoms with Crippen molar-refractivity contribution in [1.82, 2.24) is 25.2 Å². The van der Waals surface area contributed by atoms with Gasteiger partial charge < -0.3 is 20.3 Å². The van der Waals surface area contributed by atoms with Crippen LogP contribution in [0.4, 0.5) is 5.82 Å². The van der Waals surface area contributed by atoms with Gasteiger partial charge >= 0.3 is 0 Å². The van der Waals surface area contributed by atoms with E-state index in [1.54, 1.807) is 25.6 Å². The Labute approximate surface area is 221 Å². The van der Waals surface area contributed by atoms with Gasteiger partial charge in [-0.05, 0) is 41.7 Å². The van der Waals surface area contributed by atoms with E-state index in [2.05, 4.69) is 37.7 Å². The smallest absolute Gasteiger partial charge is 0.251 e. The van der Waals surface area contributed by atoms with E-state index in [0.29, 0.717) is 25.2 Å². The third kappa shape index (κ3) is 5.33. The Kier molecular flexibility index (Phi) is 7.55. The van der Waals surface area contributed by atoms with Crippen molar-refractivity contribution in [2.24, 2.45) is 0 Å². The van der Waals surface area contributed by atoms with Crippen LogP contribution < -0.4 is 10.6 Å². The second-order valence-electron chi connectivity index (χ2n) is 9.20.